The van der Waals surface area contributed by atoms with Gasteiger partial charge in [0.15, 0.2) is 0 Å². The third-order valence-electron chi connectivity index (χ3n) is 3.67. The van der Waals surface area contributed by atoms with Gasteiger partial charge in [-0.1, -0.05) is 13.8 Å². The summed E-state index contributed by atoms with van der Waals surface area (Å²) in [6.45, 7) is 4.98. The fourth-order valence-corrected chi connectivity index (χ4v) is 2.77. The van der Waals surface area contributed by atoms with Crippen LogP contribution in [0, 0.1) is 5.92 Å². The van der Waals surface area contributed by atoms with Crippen LogP contribution in [-0.4, -0.2) is 38.9 Å². The topological polar surface area (TPSA) is 51.0 Å². The second-order valence-electron chi connectivity index (χ2n) is 5.31. The number of amides is 1. The minimum Gasteiger partial charge on any atom is -0.338 e. The van der Waals surface area contributed by atoms with E-state index < -0.39 is 0 Å². The normalized spacial score (nSPS) is 19.3. The fraction of sp³-hybridized carbons (Fsp3) is 0.462. The molecule has 0 fully saturated rings. The zero-order chi connectivity index (χ0) is 13.7. The predicted octanol–water partition coefficient (Wildman–Crippen LogP) is 2.37. The molecule has 0 aromatic carbocycles. The van der Waals surface area contributed by atoms with E-state index in [1.807, 2.05) is 17.7 Å². The highest BCUT2D eigenvalue weighted by Crippen LogP contribution is 2.32. The molecule has 1 amide bonds. The van der Waals surface area contributed by atoms with Crippen LogP contribution < -0.4 is 0 Å². The van der Waals surface area contributed by atoms with E-state index in [0.29, 0.717) is 18.2 Å². The van der Waals surface area contributed by atoms with E-state index in [-0.39, 0.29) is 17.2 Å². The lowest BCUT2D eigenvalue weighted by molar-refractivity contribution is 0.0698. The Bertz CT molecular complexity index is 664. The summed E-state index contributed by atoms with van der Waals surface area (Å²) in [5.74, 6) is 0.421. The average Bonchev–Trinajstić information content (AvgIpc) is 2.72. The molecule has 0 spiro atoms. The van der Waals surface area contributed by atoms with E-state index in [1.54, 1.807) is 11.1 Å². The molecule has 0 saturated carbocycles. The molecule has 1 atom stereocenters. The molecule has 0 radical (unpaired) electrons. The highest BCUT2D eigenvalue weighted by Gasteiger charge is 2.32. The molecule has 6 heteroatoms. The summed E-state index contributed by atoms with van der Waals surface area (Å²) in [5.41, 5.74) is 1.41. The third-order valence-corrected chi connectivity index (χ3v) is 3.86. The van der Waals surface area contributed by atoms with E-state index in [1.165, 1.54) is 0 Å². The Morgan fingerprint density at radius 2 is 2.21 bits per heavy atom. The molecule has 2 aromatic rings. The summed E-state index contributed by atoms with van der Waals surface area (Å²) < 4.78 is 2.01. The highest BCUT2D eigenvalue weighted by atomic mass is 35.5. The number of hydrogen-bond donors (Lipinski definition) is 0. The molecular weight excluding hydrogens is 264 g/mol. The van der Waals surface area contributed by atoms with Gasteiger partial charge in [0.1, 0.15) is 11.3 Å². The van der Waals surface area contributed by atoms with Crippen molar-refractivity contribution < 1.29 is 4.79 Å². The van der Waals surface area contributed by atoms with Crippen LogP contribution in [0.25, 0.3) is 11.0 Å². The summed E-state index contributed by atoms with van der Waals surface area (Å²) in [6, 6.07) is 2.06. The lowest BCUT2D eigenvalue weighted by Gasteiger charge is -2.34. The van der Waals surface area contributed by atoms with Crippen LogP contribution in [0.15, 0.2) is 12.3 Å². The van der Waals surface area contributed by atoms with Crippen molar-refractivity contribution in [1.29, 1.82) is 0 Å². The number of aromatic nitrogens is 3. The molecule has 0 unspecified atom stereocenters. The van der Waals surface area contributed by atoms with Gasteiger partial charge in [-0.2, -0.15) is 4.98 Å². The van der Waals surface area contributed by atoms with Gasteiger partial charge in [0.2, 0.25) is 5.28 Å². The number of nitrogens with zero attached hydrogens (tertiary/aromatic N) is 4. The van der Waals surface area contributed by atoms with Crippen molar-refractivity contribution in [3.63, 3.8) is 0 Å². The van der Waals surface area contributed by atoms with Crippen molar-refractivity contribution in [2.24, 2.45) is 5.92 Å². The molecule has 0 bridgehead atoms. The summed E-state index contributed by atoms with van der Waals surface area (Å²) in [4.78, 5) is 22.3. The maximum absolute atomic E-state index is 12.3. The summed E-state index contributed by atoms with van der Waals surface area (Å²) >= 11 is 5.88. The number of likely N-dealkylation sites (N-methyl/N-ethyl adjacent to an activating group) is 1. The van der Waals surface area contributed by atoms with Crippen LogP contribution in [0.5, 0.6) is 0 Å². The van der Waals surface area contributed by atoms with Gasteiger partial charge in [0.25, 0.3) is 5.91 Å². The minimum absolute atomic E-state index is 0.0195. The molecule has 2 aromatic heterocycles. The van der Waals surface area contributed by atoms with Crippen molar-refractivity contribution in [3.8, 4) is 0 Å². The fourth-order valence-electron chi connectivity index (χ4n) is 2.64. The number of rotatable bonds is 1. The molecule has 100 valence electrons. The van der Waals surface area contributed by atoms with Crippen LogP contribution in [-0.2, 0) is 0 Å². The van der Waals surface area contributed by atoms with Crippen LogP contribution in [0.4, 0.5) is 0 Å². The van der Waals surface area contributed by atoms with Gasteiger partial charge in [-0.05, 0) is 23.6 Å². The molecule has 5 nitrogen and oxygen atoms in total. The summed E-state index contributed by atoms with van der Waals surface area (Å²) in [7, 11) is 1.83. The predicted molar refractivity (Wildman–Crippen MR) is 73.4 cm³/mol. The number of fused-ring (bicyclic) bond motifs is 3. The maximum atomic E-state index is 12.3. The standard InChI is InChI=1S/C13H15ClN4O/c1-7(2)10-6-17(3)12(19)9-4-8-5-15-13(14)16-11(8)18(9)10/h4-5,7,10H,6H2,1-3H3/t10-/m1/s1. The number of hydrogen-bond acceptors (Lipinski definition) is 3. The second kappa shape index (κ2) is 4.20. The summed E-state index contributed by atoms with van der Waals surface area (Å²) in [6.07, 6.45) is 1.67. The van der Waals surface area contributed by atoms with Gasteiger partial charge in [0.05, 0.1) is 6.04 Å². The number of halogens is 1. The quantitative estimate of drug-likeness (QED) is 0.753. The minimum atomic E-state index is 0.0195. The van der Waals surface area contributed by atoms with Crippen molar-refractivity contribution in [1.82, 2.24) is 19.4 Å². The maximum Gasteiger partial charge on any atom is 0.270 e. The molecule has 3 rings (SSSR count). The van der Waals surface area contributed by atoms with Crippen LogP contribution >= 0.6 is 11.6 Å². The molecular formula is C13H15ClN4O. The molecule has 0 aliphatic carbocycles. The molecule has 0 N–H and O–H groups in total. The van der Waals surface area contributed by atoms with Crippen molar-refractivity contribution in [3.05, 3.63) is 23.2 Å². The van der Waals surface area contributed by atoms with Gasteiger partial charge in [-0.15, -0.1) is 0 Å². The SMILES string of the molecule is CC(C)[C@H]1CN(C)C(=O)c2cc3cnc(Cl)nc3n21. The van der Waals surface area contributed by atoms with Crippen LogP contribution in [0.3, 0.4) is 0 Å². The lowest BCUT2D eigenvalue weighted by Crippen LogP contribution is -2.42. The van der Waals surface area contributed by atoms with Crippen molar-refractivity contribution >= 4 is 28.5 Å². The molecule has 1 aliphatic rings. The van der Waals surface area contributed by atoms with Crippen LogP contribution in [0.2, 0.25) is 5.28 Å². The second-order valence-corrected chi connectivity index (χ2v) is 5.65. The molecule has 1 aliphatic heterocycles. The zero-order valence-corrected chi connectivity index (χ0v) is 11.8. The first-order valence-corrected chi connectivity index (χ1v) is 6.65. The smallest absolute Gasteiger partial charge is 0.270 e. The number of carbonyl (C=O) groups is 1. The highest BCUT2D eigenvalue weighted by molar-refractivity contribution is 6.28. The van der Waals surface area contributed by atoms with Gasteiger partial charge >= 0.3 is 0 Å². The van der Waals surface area contributed by atoms with Gasteiger partial charge in [-0.3, -0.25) is 4.79 Å². The van der Waals surface area contributed by atoms with E-state index >= 15 is 0 Å². The van der Waals surface area contributed by atoms with E-state index in [9.17, 15) is 4.79 Å². The Morgan fingerprint density at radius 1 is 1.47 bits per heavy atom. The monoisotopic (exact) mass is 278 g/mol. The van der Waals surface area contributed by atoms with E-state index in [4.69, 9.17) is 11.6 Å². The first kappa shape index (κ1) is 12.4. The van der Waals surface area contributed by atoms with Crippen molar-refractivity contribution in [2.45, 2.75) is 19.9 Å². The van der Waals surface area contributed by atoms with Gasteiger partial charge < -0.3 is 9.47 Å². The van der Waals surface area contributed by atoms with Gasteiger partial charge in [-0.25, -0.2) is 4.98 Å². The third kappa shape index (κ3) is 1.80. The Balaban J connectivity index is 2.31. The largest absolute Gasteiger partial charge is 0.338 e. The Morgan fingerprint density at radius 3 is 2.89 bits per heavy atom. The van der Waals surface area contributed by atoms with Gasteiger partial charge in [0, 0.05) is 25.2 Å². The zero-order valence-electron chi connectivity index (χ0n) is 11.1. The molecule has 19 heavy (non-hydrogen) atoms. The van der Waals surface area contributed by atoms with E-state index in [0.717, 1.165) is 11.0 Å². The molecule has 3 heterocycles. The van der Waals surface area contributed by atoms with E-state index in [2.05, 4.69) is 23.8 Å². The first-order chi connectivity index (χ1) is 8.99. The first-order valence-electron chi connectivity index (χ1n) is 6.28. The Labute approximate surface area is 116 Å². The Kier molecular flexibility index (Phi) is 2.74. The lowest BCUT2D eigenvalue weighted by atomic mass is 10.0. The summed E-state index contributed by atoms with van der Waals surface area (Å²) in [5, 5.41) is 1.07. The Hall–Kier alpha value is -1.62. The van der Waals surface area contributed by atoms with Crippen LogP contribution in [0.1, 0.15) is 30.4 Å². The number of carbonyl (C=O) groups excluding carboxylic acids is 1. The average molecular weight is 279 g/mol. The van der Waals surface area contributed by atoms with Crippen molar-refractivity contribution in [2.75, 3.05) is 13.6 Å². The molecule has 0 saturated heterocycles.